The molecule has 0 radical (unpaired) electrons. The minimum Gasteiger partial charge on any atom is -0.324 e. The van der Waals surface area contributed by atoms with Crippen LogP contribution in [0, 0.1) is 10.5 Å². The quantitative estimate of drug-likeness (QED) is 0.405. The summed E-state index contributed by atoms with van der Waals surface area (Å²) in [5.41, 5.74) is 1.96. The zero-order valence-electron chi connectivity index (χ0n) is 15.5. The Kier molecular flexibility index (Phi) is 6.97. The highest BCUT2D eigenvalue weighted by Gasteiger charge is 2.27. The van der Waals surface area contributed by atoms with Crippen molar-refractivity contribution in [3.63, 3.8) is 0 Å². The van der Waals surface area contributed by atoms with Crippen molar-refractivity contribution in [1.82, 2.24) is 0 Å². The number of benzene rings is 3. The highest BCUT2D eigenvalue weighted by atomic mass is 127. The standard InChI is InChI=1S/C21H18BrIN2O3S/c1-15-12-17(23)10-11-20(15)24-21(26)14-25(18-7-5-6-16(22)13-18)29(27,28)19-8-3-2-4-9-19/h2-13H,14H2,1H3,(H,24,26). The van der Waals surface area contributed by atoms with Crippen LogP contribution < -0.4 is 9.62 Å². The molecule has 1 N–H and O–H groups in total. The van der Waals surface area contributed by atoms with Gasteiger partial charge in [0.05, 0.1) is 10.6 Å². The third kappa shape index (κ3) is 5.37. The fraction of sp³-hybridized carbons (Fsp3) is 0.0952. The van der Waals surface area contributed by atoms with E-state index in [1.165, 1.54) is 12.1 Å². The molecule has 0 saturated heterocycles. The first-order chi connectivity index (χ1) is 13.8. The van der Waals surface area contributed by atoms with Gasteiger partial charge in [-0.1, -0.05) is 40.2 Å². The Morgan fingerprint density at radius 3 is 2.41 bits per heavy atom. The predicted molar refractivity (Wildman–Crippen MR) is 128 cm³/mol. The number of anilines is 2. The zero-order valence-corrected chi connectivity index (χ0v) is 20.0. The summed E-state index contributed by atoms with van der Waals surface area (Å²) in [5, 5.41) is 2.82. The molecular formula is C21H18BrIN2O3S. The van der Waals surface area contributed by atoms with Crippen LogP contribution in [0.1, 0.15) is 5.56 Å². The Bertz CT molecular complexity index is 1140. The van der Waals surface area contributed by atoms with Crippen molar-refractivity contribution in [2.45, 2.75) is 11.8 Å². The summed E-state index contributed by atoms with van der Waals surface area (Å²) in [6.45, 7) is 1.55. The van der Waals surface area contributed by atoms with E-state index in [1.54, 1.807) is 42.5 Å². The second kappa shape index (κ2) is 9.27. The predicted octanol–water partition coefficient (Wildman–Crippen LogP) is 5.20. The molecule has 3 aromatic rings. The maximum Gasteiger partial charge on any atom is 0.264 e. The molecule has 0 bridgehead atoms. The van der Waals surface area contributed by atoms with E-state index in [2.05, 4.69) is 43.8 Å². The van der Waals surface area contributed by atoms with Crippen molar-refractivity contribution < 1.29 is 13.2 Å². The van der Waals surface area contributed by atoms with Gasteiger partial charge in [-0.2, -0.15) is 0 Å². The van der Waals surface area contributed by atoms with Gasteiger partial charge in [0.1, 0.15) is 6.54 Å². The molecule has 0 heterocycles. The number of rotatable bonds is 6. The lowest BCUT2D eigenvalue weighted by Crippen LogP contribution is -2.38. The molecule has 0 aliphatic rings. The first-order valence-corrected chi connectivity index (χ1v) is 12.0. The van der Waals surface area contributed by atoms with Gasteiger partial charge in [-0.05, 0) is 83.6 Å². The van der Waals surface area contributed by atoms with Crippen LogP contribution >= 0.6 is 38.5 Å². The molecule has 0 spiro atoms. The van der Waals surface area contributed by atoms with Crippen LogP contribution in [-0.4, -0.2) is 20.9 Å². The molecule has 1 amide bonds. The lowest BCUT2D eigenvalue weighted by Gasteiger charge is -2.24. The highest BCUT2D eigenvalue weighted by Crippen LogP contribution is 2.26. The Balaban J connectivity index is 1.94. The third-order valence-corrected chi connectivity index (χ3v) is 7.13. The van der Waals surface area contributed by atoms with Crippen molar-refractivity contribution in [1.29, 1.82) is 0 Å². The van der Waals surface area contributed by atoms with Crippen LogP contribution in [0.15, 0.2) is 82.2 Å². The first kappa shape index (κ1) is 21.8. The lowest BCUT2D eigenvalue weighted by molar-refractivity contribution is -0.114. The first-order valence-electron chi connectivity index (χ1n) is 8.67. The third-order valence-electron chi connectivity index (χ3n) is 4.18. The number of halogens is 2. The van der Waals surface area contributed by atoms with Crippen LogP contribution in [0.2, 0.25) is 0 Å². The van der Waals surface area contributed by atoms with Crippen LogP contribution in [0.4, 0.5) is 11.4 Å². The SMILES string of the molecule is Cc1cc(I)ccc1NC(=O)CN(c1cccc(Br)c1)S(=O)(=O)c1ccccc1. The zero-order chi connectivity index (χ0) is 21.0. The van der Waals surface area contributed by atoms with E-state index in [-0.39, 0.29) is 11.4 Å². The van der Waals surface area contributed by atoms with Crippen molar-refractivity contribution in [2.75, 3.05) is 16.2 Å². The summed E-state index contributed by atoms with van der Waals surface area (Å²) in [7, 11) is -3.92. The normalized spacial score (nSPS) is 11.1. The van der Waals surface area contributed by atoms with Gasteiger partial charge in [0, 0.05) is 13.7 Å². The monoisotopic (exact) mass is 584 g/mol. The molecular weight excluding hydrogens is 567 g/mol. The minimum atomic E-state index is -3.92. The van der Waals surface area contributed by atoms with Crippen molar-refractivity contribution in [2.24, 2.45) is 0 Å². The Morgan fingerprint density at radius 2 is 1.76 bits per heavy atom. The Hall–Kier alpha value is -1.91. The smallest absolute Gasteiger partial charge is 0.264 e. The van der Waals surface area contributed by atoms with Crippen molar-refractivity contribution >= 4 is 65.8 Å². The van der Waals surface area contributed by atoms with Crippen LogP contribution in [0.3, 0.4) is 0 Å². The van der Waals surface area contributed by atoms with Crippen LogP contribution in [0.25, 0.3) is 0 Å². The second-order valence-electron chi connectivity index (χ2n) is 6.31. The molecule has 3 rings (SSSR count). The average Bonchev–Trinajstić information content (AvgIpc) is 2.69. The topological polar surface area (TPSA) is 66.5 Å². The van der Waals surface area contributed by atoms with Crippen molar-refractivity contribution in [3.05, 3.63) is 86.4 Å². The van der Waals surface area contributed by atoms with Gasteiger partial charge in [0.15, 0.2) is 0 Å². The van der Waals surface area contributed by atoms with Crippen LogP contribution in [0.5, 0.6) is 0 Å². The maximum atomic E-state index is 13.3. The summed E-state index contributed by atoms with van der Waals surface area (Å²) in [6.07, 6.45) is 0. The number of amides is 1. The van der Waals surface area contributed by atoms with E-state index in [9.17, 15) is 13.2 Å². The Morgan fingerprint density at radius 1 is 1.03 bits per heavy atom. The molecule has 0 atom stereocenters. The molecule has 5 nitrogen and oxygen atoms in total. The van der Waals surface area contributed by atoms with E-state index < -0.39 is 15.9 Å². The van der Waals surface area contributed by atoms with E-state index in [4.69, 9.17) is 0 Å². The summed E-state index contributed by atoms with van der Waals surface area (Å²) in [5.74, 6) is -0.422. The molecule has 0 saturated carbocycles. The molecule has 0 aliphatic carbocycles. The van der Waals surface area contributed by atoms with Gasteiger partial charge >= 0.3 is 0 Å². The van der Waals surface area contributed by atoms with Gasteiger partial charge in [0.25, 0.3) is 10.0 Å². The second-order valence-corrected chi connectivity index (χ2v) is 10.3. The number of aryl methyl sites for hydroxylation is 1. The largest absolute Gasteiger partial charge is 0.324 e. The summed E-state index contributed by atoms with van der Waals surface area (Å²) < 4.78 is 29.4. The Labute approximate surface area is 192 Å². The van der Waals surface area contributed by atoms with Gasteiger partial charge in [-0.15, -0.1) is 0 Å². The van der Waals surface area contributed by atoms with Crippen molar-refractivity contribution in [3.8, 4) is 0 Å². The van der Waals surface area contributed by atoms with Gasteiger partial charge in [-0.3, -0.25) is 9.10 Å². The molecule has 0 aromatic heterocycles. The number of hydrogen-bond acceptors (Lipinski definition) is 3. The van der Waals surface area contributed by atoms with Gasteiger partial charge in [0.2, 0.25) is 5.91 Å². The molecule has 29 heavy (non-hydrogen) atoms. The maximum absolute atomic E-state index is 13.3. The summed E-state index contributed by atoms with van der Waals surface area (Å²) in [4.78, 5) is 12.9. The summed E-state index contributed by atoms with van der Waals surface area (Å²) >= 11 is 5.57. The number of nitrogens with one attached hydrogen (secondary N) is 1. The average molecular weight is 585 g/mol. The molecule has 0 aliphatic heterocycles. The summed E-state index contributed by atoms with van der Waals surface area (Å²) in [6, 6.07) is 20.6. The van der Waals surface area contributed by atoms with E-state index in [1.807, 2.05) is 25.1 Å². The fourth-order valence-corrected chi connectivity index (χ4v) is 5.22. The molecule has 0 fully saturated rings. The van der Waals surface area contributed by atoms with E-state index >= 15 is 0 Å². The van der Waals surface area contributed by atoms with E-state index in [0.29, 0.717) is 11.4 Å². The lowest BCUT2D eigenvalue weighted by atomic mass is 10.2. The number of sulfonamides is 1. The number of carbonyl (C=O) groups is 1. The number of hydrogen-bond donors (Lipinski definition) is 1. The molecule has 150 valence electrons. The van der Waals surface area contributed by atoms with Gasteiger partial charge in [-0.25, -0.2) is 8.42 Å². The number of carbonyl (C=O) groups excluding carboxylic acids is 1. The van der Waals surface area contributed by atoms with Crippen LogP contribution in [-0.2, 0) is 14.8 Å². The van der Waals surface area contributed by atoms with E-state index in [0.717, 1.165) is 17.9 Å². The fourth-order valence-electron chi connectivity index (χ4n) is 2.75. The van der Waals surface area contributed by atoms with Gasteiger partial charge < -0.3 is 5.32 Å². The number of nitrogens with zero attached hydrogens (tertiary/aromatic N) is 1. The molecule has 0 unspecified atom stereocenters. The molecule has 8 heteroatoms. The highest BCUT2D eigenvalue weighted by molar-refractivity contribution is 14.1. The minimum absolute atomic E-state index is 0.123. The molecule has 3 aromatic carbocycles.